The van der Waals surface area contributed by atoms with E-state index in [1.807, 2.05) is 0 Å². The number of esters is 1. The first kappa shape index (κ1) is 14.8. The summed E-state index contributed by atoms with van der Waals surface area (Å²) < 4.78 is 14.8. The van der Waals surface area contributed by atoms with Gasteiger partial charge in [0.15, 0.2) is 24.1 Å². The molecule has 0 spiro atoms. The molecule has 0 N–H and O–H groups in total. The molecular weight excluding hydrogens is 276 g/mol. The Kier molecular flexibility index (Phi) is 4.37. The molecule has 0 radical (unpaired) electrons. The van der Waals surface area contributed by atoms with Crippen LogP contribution in [0.5, 0.6) is 11.5 Å². The maximum absolute atomic E-state index is 11.9. The van der Waals surface area contributed by atoms with Crippen LogP contribution in [0.1, 0.15) is 5.56 Å². The number of Topliss-reactive ketones (excluding diaryl/α,β-unsaturated/α-hetero) is 1. The highest BCUT2D eigenvalue weighted by molar-refractivity contribution is 6.24. The van der Waals surface area contributed by atoms with Crippen molar-refractivity contribution in [2.75, 3.05) is 20.8 Å². The predicted octanol–water partition coefficient (Wildman–Crippen LogP) is 1.03. The standard InChI is InChI=1S/C15H14O6/c1-19-10-4-6-13(20-2)9(7-10)3-5-11(16)14-12(17)8-21-15(14)18/h3-7,14H,8H2,1-2H3. The van der Waals surface area contributed by atoms with Gasteiger partial charge in [0.25, 0.3) is 0 Å². The molecule has 1 saturated heterocycles. The largest absolute Gasteiger partial charge is 0.497 e. The average Bonchev–Trinajstić information content (AvgIpc) is 2.83. The van der Waals surface area contributed by atoms with E-state index in [0.29, 0.717) is 17.1 Å². The van der Waals surface area contributed by atoms with Gasteiger partial charge in [-0.05, 0) is 30.4 Å². The normalized spacial score (nSPS) is 17.9. The van der Waals surface area contributed by atoms with E-state index in [1.54, 1.807) is 18.2 Å². The molecule has 1 atom stereocenters. The number of ketones is 2. The molecule has 21 heavy (non-hydrogen) atoms. The third kappa shape index (κ3) is 3.10. The molecule has 1 aliphatic heterocycles. The van der Waals surface area contributed by atoms with Crippen molar-refractivity contribution < 1.29 is 28.6 Å². The summed E-state index contributed by atoms with van der Waals surface area (Å²) in [6, 6.07) is 5.09. The lowest BCUT2D eigenvalue weighted by atomic mass is 10.0. The fourth-order valence-electron chi connectivity index (χ4n) is 1.95. The van der Waals surface area contributed by atoms with Crippen LogP contribution in [0.3, 0.4) is 0 Å². The summed E-state index contributed by atoms with van der Waals surface area (Å²) in [4.78, 5) is 34.6. The van der Waals surface area contributed by atoms with Gasteiger partial charge in [-0.3, -0.25) is 14.4 Å². The summed E-state index contributed by atoms with van der Waals surface area (Å²) in [7, 11) is 3.02. The molecule has 1 fully saturated rings. The van der Waals surface area contributed by atoms with Crippen molar-refractivity contribution >= 4 is 23.6 Å². The molecule has 1 aliphatic rings. The Labute approximate surface area is 121 Å². The summed E-state index contributed by atoms with van der Waals surface area (Å²) >= 11 is 0. The van der Waals surface area contributed by atoms with Crippen molar-refractivity contribution in [3.8, 4) is 11.5 Å². The number of methoxy groups -OCH3 is 2. The zero-order valence-electron chi connectivity index (χ0n) is 11.6. The summed E-state index contributed by atoms with van der Waals surface area (Å²) in [6.45, 7) is -0.342. The number of hydrogen-bond donors (Lipinski definition) is 0. The summed E-state index contributed by atoms with van der Waals surface area (Å²) in [5.74, 6) is -2.14. The second-order valence-corrected chi connectivity index (χ2v) is 4.35. The van der Waals surface area contributed by atoms with Crippen molar-refractivity contribution in [2.45, 2.75) is 0 Å². The number of carbonyl (C=O) groups excluding carboxylic acids is 3. The van der Waals surface area contributed by atoms with Crippen molar-refractivity contribution in [2.24, 2.45) is 5.92 Å². The minimum Gasteiger partial charge on any atom is -0.497 e. The van der Waals surface area contributed by atoms with Gasteiger partial charge in [0.05, 0.1) is 14.2 Å². The lowest BCUT2D eigenvalue weighted by Crippen LogP contribution is -2.23. The summed E-state index contributed by atoms with van der Waals surface area (Å²) in [5.41, 5.74) is 0.601. The Morgan fingerprint density at radius 1 is 1.29 bits per heavy atom. The van der Waals surface area contributed by atoms with Crippen LogP contribution in [0, 0.1) is 5.92 Å². The van der Waals surface area contributed by atoms with Crippen LogP contribution < -0.4 is 9.47 Å². The molecule has 2 rings (SSSR count). The second-order valence-electron chi connectivity index (χ2n) is 4.35. The van der Waals surface area contributed by atoms with E-state index in [-0.39, 0.29) is 6.61 Å². The Balaban J connectivity index is 2.22. The van der Waals surface area contributed by atoms with E-state index in [0.717, 1.165) is 0 Å². The molecule has 0 aliphatic carbocycles. The number of ether oxygens (including phenoxy) is 3. The molecule has 1 aromatic rings. The van der Waals surface area contributed by atoms with Crippen LogP contribution in [-0.4, -0.2) is 38.4 Å². The fourth-order valence-corrected chi connectivity index (χ4v) is 1.95. The number of rotatable bonds is 5. The van der Waals surface area contributed by atoms with Gasteiger partial charge in [0.1, 0.15) is 11.5 Å². The minimum atomic E-state index is -1.35. The van der Waals surface area contributed by atoms with E-state index < -0.39 is 23.5 Å². The summed E-state index contributed by atoms with van der Waals surface area (Å²) in [6.07, 6.45) is 2.65. The first-order valence-corrected chi connectivity index (χ1v) is 6.20. The number of hydrogen-bond acceptors (Lipinski definition) is 6. The van der Waals surface area contributed by atoms with Gasteiger partial charge < -0.3 is 14.2 Å². The maximum Gasteiger partial charge on any atom is 0.325 e. The highest BCUT2D eigenvalue weighted by Gasteiger charge is 2.39. The Hall–Kier alpha value is -2.63. The maximum atomic E-state index is 11.9. The molecule has 0 amide bonds. The SMILES string of the molecule is COc1ccc(OC)c(C=CC(=O)C2C(=O)COC2=O)c1. The molecule has 6 heteroatoms. The van der Waals surface area contributed by atoms with Crippen LogP contribution in [0.2, 0.25) is 0 Å². The lowest BCUT2D eigenvalue weighted by Gasteiger charge is -2.07. The Morgan fingerprint density at radius 3 is 2.62 bits per heavy atom. The number of cyclic esters (lactones) is 1. The molecule has 6 nitrogen and oxygen atoms in total. The van der Waals surface area contributed by atoms with Gasteiger partial charge in [-0.25, -0.2) is 0 Å². The Bertz CT molecular complexity index is 601. The van der Waals surface area contributed by atoms with E-state index in [9.17, 15) is 14.4 Å². The van der Waals surface area contributed by atoms with Gasteiger partial charge in [0.2, 0.25) is 0 Å². The Morgan fingerprint density at radius 2 is 2.05 bits per heavy atom. The van der Waals surface area contributed by atoms with E-state index in [2.05, 4.69) is 4.74 Å². The van der Waals surface area contributed by atoms with Gasteiger partial charge >= 0.3 is 5.97 Å². The van der Waals surface area contributed by atoms with Crippen LogP contribution in [0.25, 0.3) is 6.08 Å². The third-order valence-electron chi connectivity index (χ3n) is 3.06. The van der Waals surface area contributed by atoms with Crippen molar-refractivity contribution in [1.82, 2.24) is 0 Å². The summed E-state index contributed by atoms with van der Waals surface area (Å²) in [5, 5.41) is 0. The number of carbonyl (C=O) groups is 3. The molecule has 110 valence electrons. The first-order valence-electron chi connectivity index (χ1n) is 6.20. The molecule has 0 aromatic heterocycles. The zero-order valence-corrected chi connectivity index (χ0v) is 11.6. The van der Waals surface area contributed by atoms with E-state index in [1.165, 1.54) is 26.4 Å². The van der Waals surface area contributed by atoms with E-state index >= 15 is 0 Å². The van der Waals surface area contributed by atoms with Crippen molar-refractivity contribution in [3.63, 3.8) is 0 Å². The molecule has 0 bridgehead atoms. The van der Waals surface area contributed by atoms with Gasteiger partial charge in [-0.15, -0.1) is 0 Å². The lowest BCUT2D eigenvalue weighted by molar-refractivity contribution is -0.143. The fraction of sp³-hybridized carbons (Fsp3) is 0.267. The van der Waals surface area contributed by atoms with Crippen LogP contribution in [-0.2, 0) is 19.1 Å². The molecule has 1 heterocycles. The molecular formula is C15H14O6. The quantitative estimate of drug-likeness (QED) is 0.458. The molecule has 1 aromatic carbocycles. The van der Waals surface area contributed by atoms with Gasteiger partial charge in [-0.1, -0.05) is 0 Å². The predicted molar refractivity (Wildman–Crippen MR) is 73.0 cm³/mol. The number of benzene rings is 1. The zero-order chi connectivity index (χ0) is 15.4. The average molecular weight is 290 g/mol. The van der Waals surface area contributed by atoms with Crippen LogP contribution >= 0.6 is 0 Å². The third-order valence-corrected chi connectivity index (χ3v) is 3.06. The second kappa shape index (κ2) is 6.21. The first-order chi connectivity index (χ1) is 10.1. The van der Waals surface area contributed by atoms with Gasteiger partial charge in [0, 0.05) is 5.56 Å². The highest BCUT2D eigenvalue weighted by atomic mass is 16.5. The highest BCUT2D eigenvalue weighted by Crippen LogP contribution is 2.25. The van der Waals surface area contributed by atoms with Crippen molar-refractivity contribution in [1.29, 1.82) is 0 Å². The smallest absolute Gasteiger partial charge is 0.325 e. The minimum absolute atomic E-state index is 0.342. The molecule has 0 saturated carbocycles. The van der Waals surface area contributed by atoms with Crippen LogP contribution in [0.4, 0.5) is 0 Å². The van der Waals surface area contributed by atoms with Gasteiger partial charge in [-0.2, -0.15) is 0 Å². The topological polar surface area (TPSA) is 78.9 Å². The van der Waals surface area contributed by atoms with Crippen LogP contribution in [0.15, 0.2) is 24.3 Å². The van der Waals surface area contributed by atoms with Crippen molar-refractivity contribution in [3.05, 3.63) is 29.8 Å². The van der Waals surface area contributed by atoms with E-state index in [4.69, 9.17) is 9.47 Å². The molecule has 1 unspecified atom stereocenters. The number of allylic oxidation sites excluding steroid dienone is 1. The monoisotopic (exact) mass is 290 g/mol.